The third kappa shape index (κ3) is 3.89. The lowest BCUT2D eigenvalue weighted by molar-refractivity contribution is -0.147. The van der Waals surface area contributed by atoms with Gasteiger partial charge in [-0.15, -0.1) is 0 Å². The van der Waals surface area contributed by atoms with E-state index in [0.717, 1.165) is 11.1 Å². The first kappa shape index (κ1) is 19.5. The molecule has 0 aliphatic carbocycles. The van der Waals surface area contributed by atoms with Crippen molar-refractivity contribution >= 4 is 5.91 Å². The van der Waals surface area contributed by atoms with Gasteiger partial charge in [0, 0.05) is 31.0 Å². The second-order valence-electron chi connectivity index (χ2n) is 7.43. The Balaban J connectivity index is 1.86. The second-order valence-corrected chi connectivity index (χ2v) is 7.43. The van der Waals surface area contributed by atoms with E-state index in [0.29, 0.717) is 18.2 Å². The Kier molecular flexibility index (Phi) is 5.92. The SMILES string of the molecule is CC(=O)N1[C@H](CO)[C@H](c2ccc(-c3ccccc3F)cc2)[C@@H]1CNC(C)C. The number of carbonyl (C=O) groups is 1. The van der Waals surface area contributed by atoms with Crippen LogP contribution in [0.3, 0.4) is 0 Å². The molecule has 3 atom stereocenters. The monoisotopic (exact) mass is 370 g/mol. The molecule has 1 amide bonds. The van der Waals surface area contributed by atoms with Gasteiger partial charge in [0.05, 0.1) is 18.7 Å². The van der Waals surface area contributed by atoms with E-state index >= 15 is 0 Å². The zero-order valence-corrected chi connectivity index (χ0v) is 16.0. The van der Waals surface area contributed by atoms with E-state index in [1.807, 2.05) is 30.3 Å². The number of carbonyl (C=O) groups excluding carboxylic acids is 1. The van der Waals surface area contributed by atoms with Crippen molar-refractivity contribution in [2.75, 3.05) is 13.2 Å². The van der Waals surface area contributed by atoms with Crippen LogP contribution in [0.1, 0.15) is 32.3 Å². The highest BCUT2D eigenvalue weighted by Crippen LogP contribution is 2.41. The van der Waals surface area contributed by atoms with Gasteiger partial charge in [-0.2, -0.15) is 0 Å². The van der Waals surface area contributed by atoms with Gasteiger partial charge < -0.3 is 15.3 Å². The van der Waals surface area contributed by atoms with E-state index in [9.17, 15) is 14.3 Å². The van der Waals surface area contributed by atoms with Crippen LogP contribution in [0.2, 0.25) is 0 Å². The van der Waals surface area contributed by atoms with Crippen molar-refractivity contribution in [3.63, 3.8) is 0 Å². The van der Waals surface area contributed by atoms with Gasteiger partial charge in [0.1, 0.15) is 5.82 Å². The number of likely N-dealkylation sites (tertiary alicyclic amines) is 1. The summed E-state index contributed by atoms with van der Waals surface area (Å²) in [6.45, 7) is 6.28. The Morgan fingerprint density at radius 2 is 1.81 bits per heavy atom. The number of benzene rings is 2. The van der Waals surface area contributed by atoms with Crippen LogP contribution < -0.4 is 5.32 Å². The Morgan fingerprint density at radius 3 is 2.37 bits per heavy atom. The molecular formula is C22H27FN2O2. The number of nitrogens with zero attached hydrogens (tertiary/aromatic N) is 1. The van der Waals surface area contributed by atoms with Crippen molar-refractivity contribution in [1.82, 2.24) is 10.2 Å². The first-order chi connectivity index (χ1) is 12.9. The van der Waals surface area contributed by atoms with E-state index in [1.54, 1.807) is 24.0 Å². The van der Waals surface area contributed by atoms with Crippen LogP contribution in [0, 0.1) is 5.82 Å². The Bertz CT molecular complexity index is 791. The number of rotatable bonds is 6. The highest BCUT2D eigenvalue weighted by Gasteiger charge is 2.49. The average molecular weight is 370 g/mol. The van der Waals surface area contributed by atoms with Crippen molar-refractivity contribution in [1.29, 1.82) is 0 Å². The van der Waals surface area contributed by atoms with Gasteiger partial charge in [0.2, 0.25) is 5.91 Å². The van der Waals surface area contributed by atoms with Gasteiger partial charge in [-0.05, 0) is 17.2 Å². The largest absolute Gasteiger partial charge is 0.394 e. The second kappa shape index (κ2) is 8.19. The van der Waals surface area contributed by atoms with Crippen LogP contribution >= 0.6 is 0 Å². The molecule has 2 aromatic rings. The highest BCUT2D eigenvalue weighted by molar-refractivity contribution is 5.76. The van der Waals surface area contributed by atoms with Crippen molar-refractivity contribution < 1.29 is 14.3 Å². The maximum atomic E-state index is 14.0. The zero-order chi connectivity index (χ0) is 19.6. The van der Waals surface area contributed by atoms with Crippen molar-refractivity contribution in [2.45, 2.75) is 44.8 Å². The van der Waals surface area contributed by atoms with Crippen LogP contribution in [0.4, 0.5) is 4.39 Å². The van der Waals surface area contributed by atoms with Crippen molar-refractivity contribution in [2.24, 2.45) is 0 Å². The summed E-state index contributed by atoms with van der Waals surface area (Å²) in [6, 6.07) is 14.6. The number of amides is 1. The molecule has 0 spiro atoms. The Hall–Kier alpha value is -2.24. The molecule has 0 bridgehead atoms. The van der Waals surface area contributed by atoms with E-state index in [1.165, 1.54) is 6.07 Å². The maximum absolute atomic E-state index is 14.0. The fourth-order valence-electron chi connectivity index (χ4n) is 4.02. The standard InChI is InChI=1S/C22H27FN2O2/c1-14(2)24-12-20-22(21(13-26)25(20)15(3)27)17-10-8-16(9-11-17)18-6-4-5-7-19(18)23/h4-11,14,20-22,24,26H,12-13H2,1-3H3/t20-,21+,22+/m0/s1. The van der Waals surface area contributed by atoms with Gasteiger partial charge in [-0.25, -0.2) is 4.39 Å². The quantitative estimate of drug-likeness (QED) is 0.821. The lowest BCUT2D eigenvalue weighted by Crippen LogP contribution is -2.68. The first-order valence-corrected chi connectivity index (χ1v) is 9.42. The molecule has 3 rings (SSSR count). The molecule has 1 fully saturated rings. The van der Waals surface area contributed by atoms with Crippen LogP contribution in [-0.4, -0.2) is 47.2 Å². The van der Waals surface area contributed by atoms with Crippen molar-refractivity contribution in [3.8, 4) is 11.1 Å². The van der Waals surface area contributed by atoms with Crippen LogP contribution in [0.25, 0.3) is 11.1 Å². The van der Waals surface area contributed by atoms with Crippen molar-refractivity contribution in [3.05, 3.63) is 59.9 Å². The summed E-state index contributed by atoms with van der Waals surface area (Å²) in [4.78, 5) is 13.8. The molecule has 27 heavy (non-hydrogen) atoms. The fraction of sp³-hybridized carbons (Fsp3) is 0.409. The molecule has 1 saturated heterocycles. The summed E-state index contributed by atoms with van der Waals surface area (Å²) in [5.74, 6) is -0.215. The van der Waals surface area contributed by atoms with Gasteiger partial charge in [-0.3, -0.25) is 4.79 Å². The minimum Gasteiger partial charge on any atom is -0.394 e. The predicted molar refractivity (Wildman–Crippen MR) is 105 cm³/mol. The number of halogens is 1. The molecule has 1 aliphatic heterocycles. The zero-order valence-electron chi connectivity index (χ0n) is 16.0. The lowest BCUT2D eigenvalue weighted by Gasteiger charge is -2.55. The summed E-state index contributed by atoms with van der Waals surface area (Å²) in [7, 11) is 0. The molecule has 4 nitrogen and oxygen atoms in total. The molecule has 0 saturated carbocycles. The van der Waals surface area contributed by atoms with Gasteiger partial charge in [0.25, 0.3) is 0 Å². The molecule has 0 radical (unpaired) electrons. The molecule has 2 aromatic carbocycles. The summed E-state index contributed by atoms with van der Waals surface area (Å²) in [6.07, 6.45) is 0. The molecule has 0 unspecified atom stereocenters. The van der Waals surface area contributed by atoms with Crippen LogP contribution in [-0.2, 0) is 4.79 Å². The number of aliphatic hydroxyl groups is 1. The molecule has 2 N–H and O–H groups in total. The van der Waals surface area contributed by atoms with E-state index in [-0.39, 0.29) is 36.3 Å². The number of hydrogen-bond donors (Lipinski definition) is 2. The molecule has 0 aromatic heterocycles. The molecule has 144 valence electrons. The Labute approximate surface area is 160 Å². The highest BCUT2D eigenvalue weighted by atomic mass is 19.1. The van der Waals surface area contributed by atoms with Gasteiger partial charge >= 0.3 is 0 Å². The number of nitrogens with one attached hydrogen (secondary N) is 1. The first-order valence-electron chi connectivity index (χ1n) is 9.42. The number of hydrogen-bond acceptors (Lipinski definition) is 3. The summed E-state index contributed by atoms with van der Waals surface area (Å²) >= 11 is 0. The minimum absolute atomic E-state index is 0.00126. The molecule has 5 heteroatoms. The van der Waals surface area contributed by atoms with Gasteiger partial charge in [0.15, 0.2) is 0 Å². The normalized spacial score (nSPS) is 22.0. The van der Waals surface area contributed by atoms with E-state index < -0.39 is 0 Å². The molecule has 1 aliphatic rings. The third-order valence-corrected chi connectivity index (χ3v) is 5.31. The fourth-order valence-corrected chi connectivity index (χ4v) is 4.02. The molecular weight excluding hydrogens is 343 g/mol. The maximum Gasteiger partial charge on any atom is 0.220 e. The predicted octanol–water partition coefficient (Wildman–Crippen LogP) is 3.17. The Morgan fingerprint density at radius 1 is 1.15 bits per heavy atom. The summed E-state index contributed by atoms with van der Waals surface area (Å²) in [5.41, 5.74) is 2.44. The van der Waals surface area contributed by atoms with Gasteiger partial charge in [-0.1, -0.05) is 56.3 Å². The number of aliphatic hydroxyl groups excluding tert-OH is 1. The van der Waals surface area contributed by atoms with Crippen LogP contribution in [0.15, 0.2) is 48.5 Å². The average Bonchev–Trinajstić information content (AvgIpc) is 2.61. The third-order valence-electron chi connectivity index (χ3n) is 5.31. The van der Waals surface area contributed by atoms with E-state index in [2.05, 4.69) is 19.2 Å². The van der Waals surface area contributed by atoms with Crippen LogP contribution in [0.5, 0.6) is 0 Å². The topological polar surface area (TPSA) is 52.6 Å². The van der Waals surface area contributed by atoms with E-state index in [4.69, 9.17) is 0 Å². The summed E-state index contributed by atoms with van der Waals surface area (Å²) < 4.78 is 14.0. The summed E-state index contributed by atoms with van der Waals surface area (Å²) in [5, 5.41) is 13.2. The smallest absolute Gasteiger partial charge is 0.220 e. The molecule has 1 heterocycles. The lowest BCUT2D eigenvalue weighted by atomic mass is 9.74. The minimum atomic E-state index is -0.246.